The highest BCUT2D eigenvalue weighted by Gasteiger charge is 2.32. The van der Waals surface area contributed by atoms with Crippen molar-refractivity contribution in [3.8, 4) is 0 Å². The summed E-state index contributed by atoms with van der Waals surface area (Å²) in [7, 11) is 0. The van der Waals surface area contributed by atoms with Gasteiger partial charge in [-0.3, -0.25) is 4.79 Å². The van der Waals surface area contributed by atoms with Crippen LogP contribution < -0.4 is 5.32 Å². The molecule has 1 fully saturated rings. The quantitative estimate of drug-likeness (QED) is 0.913. The van der Waals surface area contributed by atoms with Crippen molar-refractivity contribution < 1.29 is 9.18 Å². The molecule has 3 rings (SSSR count). The van der Waals surface area contributed by atoms with Gasteiger partial charge in [-0.25, -0.2) is 9.37 Å². The van der Waals surface area contributed by atoms with E-state index >= 15 is 0 Å². The summed E-state index contributed by atoms with van der Waals surface area (Å²) in [6.45, 7) is 5.27. The fourth-order valence-electron chi connectivity index (χ4n) is 2.52. The zero-order valence-corrected chi connectivity index (χ0v) is 13.9. The van der Waals surface area contributed by atoms with E-state index in [4.69, 9.17) is 0 Å². The van der Waals surface area contributed by atoms with Crippen LogP contribution in [0, 0.1) is 5.82 Å². The molecule has 1 aromatic carbocycles. The highest BCUT2D eigenvalue weighted by Crippen LogP contribution is 2.22. The summed E-state index contributed by atoms with van der Waals surface area (Å²) in [6, 6.07) is 6.00. The van der Waals surface area contributed by atoms with Gasteiger partial charge >= 0.3 is 0 Å². The molecule has 0 bridgehead atoms. The molecule has 1 atom stereocenters. The molecule has 2 aromatic rings. The summed E-state index contributed by atoms with van der Waals surface area (Å²) >= 11 is 1.29. The second-order valence-corrected chi connectivity index (χ2v) is 6.74. The summed E-state index contributed by atoms with van der Waals surface area (Å²) < 4.78 is 17.2. The molecule has 1 aliphatic heterocycles. The van der Waals surface area contributed by atoms with Crippen molar-refractivity contribution in [2.45, 2.75) is 38.8 Å². The molecule has 122 valence electrons. The summed E-state index contributed by atoms with van der Waals surface area (Å²) in [5.74, 6) is 0.857. The first-order chi connectivity index (χ1) is 11.0. The number of halogens is 1. The molecule has 23 heavy (non-hydrogen) atoms. The summed E-state index contributed by atoms with van der Waals surface area (Å²) in [4.78, 5) is 18.7. The number of anilines is 1. The average Bonchev–Trinajstić information content (AvgIpc) is 3.12. The Morgan fingerprint density at radius 3 is 2.78 bits per heavy atom. The van der Waals surface area contributed by atoms with Gasteiger partial charge in [0.15, 0.2) is 0 Å². The minimum Gasteiger partial charge on any atom is -0.348 e. The number of carbonyl (C=O) groups excluding carboxylic acids is 1. The first-order valence-electron chi connectivity index (χ1n) is 7.66. The van der Waals surface area contributed by atoms with Crippen LogP contribution in [-0.4, -0.2) is 32.8 Å². The van der Waals surface area contributed by atoms with E-state index < -0.39 is 0 Å². The van der Waals surface area contributed by atoms with Crippen LogP contribution in [0.5, 0.6) is 0 Å². The Bertz CT molecular complexity index is 686. The topological polar surface area (TPSA) is 58.1 Å². The third-order valence-corrected chi connectivity index (χ3v) is 4.50. The standard InChI is InChI=1S/C16H19FN4OS/c1-10(2)14-19-16(23-20-14)18-13-7-8-21(15(13)22)9-11-3-5-12(17)6-4-11/h3-6,10,13H,7-9H2,1-2H3,(H,18,19,20). The molecule has 0 spiro atoms. The Kier molecular flexibility index (Phi) is 4.56. The van der Waals surface area contributed by atoms with Crippen molar-refractivity contribution in [2.24, 2.45) is 0 Å². The fraction of sp³-hybridized carbons (Fsp3) is 0.438. The number of benzene rings is 1. The van der Waals surface area contributed by atoms with Crippen molar-refractivity contribution in [1.82, 2.24) is 14.3 Å². The van der Waals surface area contributed by atoms with Crippen LogP contribution in [0.1, 0.15) is 37.6 Å². The fourth-order valence-corrected chi connectivity index (χ4v) is 3.28. The normalized spacial score (nSPS) is 18.0. The smallest absolute Gasteiger partial charge is 0.245 e. The predicted octanol–water partition coefficient (Wildman–Crippen LogP) is 3.01. The molecule has 0 aliphatic carbocycles. The lowest BCUT2D eigenvalue weighted by molar-refractivity contribution is -0.128. The minimum atomic E-state index is -0.265. The van der Waals surface area contributed by atoms with Crippen LogP contribution in [0.2, 0.25) is 0 Å². The summed E-state index contributed by atoms with van der Waals surface area (Å²) in [5.41, 5.74) is 0.929. The third kappa shape index (κ3) is 3.67. The van der Waals surface area contributed by atoms with Crippen molar-refractivity contribution >= 4 is 22.6 Å². The van der Waals surface area contributed by atoms with Crippen LogP contribution in [-0.2, 0) is 11.3 Å². The van der Waals surface area contributed by atoms with Crippen LogP contribution in [0.25, 0.3) is 0 Å². The Morgan fingerprint density at radius 2 is 2.13 bits per heavy atom. The molecule has 0 radical (unpaired) electrons. The average molecular weight is 334 g/mol. The van der Waals surface area contributed by atoms with Crippen molar-refractivity contribution in [2.75, 3.05) is 11.9 Å². The van der Waals surface area contributed by atoms with Gasteiger partial charge in [0.2, 0.25) is 11.0 Å². The molecular weight excluding hydrogens is 315 g/mol. The number of aromatic nitrogens is 2. The van der Waals surface area contributed by atoms with E-state index in [1.807, 2.05) is 13.8 Å². The van der Waals surface area contributed by atoms with Gasteiger partial charge in [0.1, 0.15) is 17.7 Å². The zero-order valence-electron chi connectivity index (χ0n) is 13.1. The van der Waals surface area contributed by atoms with Gasteiger partial charge in [0.05, 0.1) is 0 Å². The summed E-state index contributed by atoms with van der Waals surface area (Å²) in [5, 5.41) is 3.87. The number of rotatable bonds is 5. The predicted molar refractivity (Wildman–Crippen MR) is 87.8 cm³/mol. The lowest BCUT2D eigenvalue weighted by Gasteiger charge is -2.17. The summed E-state index contributed by atoms with van der Waals surface area (Å²) in [6.07, 6.45) is 0.733. The monoisotopic (exact) mass is 334 g/mol. The lowest BCUT2D eigenvalue weighted by atomic mass is 10.2. The largest absolute Gasteiger partial charge is 0.348 e. The van der Waals surface area contributed by atoms with E-state index in [0.29, 0.717) is 18.2 Å². The van der Waals surface area contributed by atoms with Gasteiger partial charge in [-0.2, -0.15) is 4.37 Å². The van der Waals surface area contributed by atoms with Gasteiger partial charge in [-0.1, -0.05) is 26.0 Å². The molecule has 7 heteroatoms. The molecule has 0 saturated carbocycles. The van der Waals surface area contributed by atoms with Crippen LogP contribution in [0.4, 0.5) is 9.52 Å². The number of nitrogens with one attached hydrogen (secondary N) is 1. The first-order valence-corrected chi connectivity index (χ1v) is 8.43. The van der Waals surface area contributed by atoms with E-state index in [1.165, 1.54) is 23.7 Å². The Morgan fingerprint density at radius 1 is 1.39 bits per heavy atom. The number of amides is 1. The molecule has 1 unspecified atom stereocenters. The van der Waals surface area contributed by atoms with Gasteiger partial charge in [0.25, 0.3) is 0 Å². The number of hydrogen-bond acceptors (Lipinski definition) is 5. The molecule has 2 heterocycles. The molecule has 1 saturated heterocycles. The maximum absolute atomic E-state index is 12.9. The molecule has 1 N–H and O–H groups in total. The van der Waals surface area contributed by atoms with E-state index in [2.05, 4.69) is 14.7 Å². The third-order valence-electron chi connectivity index (χ3n) is 3.84. The maximum atomic E-state index is 12.9. The number of likely N-dealkylation sites (tertiary alicyclic amines) is 1. The molecule has 5 nitrogen and oxygen atoms in total. The van der Waals surface area contributed by atoms with E-state index in [-0.39, 0.29) is 23.7 Å². The van der Waals surface area contributed by atoms with Gasteiger partial charge in [-0.05, 0) is 24.1 Å². The number of nitrogens with zero attached hydrogens (tertiary/aromatic N) is 3. The van der Waals surface area contributed by atoms with Crippen LogP contribution in [0.15, 0.2) is 24.3 Å². The lowest BCUT2D eigenvalue weighted by Crippen LogP contribution is -2.33. The van der Waals surface area contributed by atoms with E-state index in [1.54, 1.807) is 17.0 Å². The van der Waals surface area contributed by atoms with Gasteiger partial charge in [-0.15, -0.1) is 0 Å². The number of hydrogen-bond donors (Lipinski definition) is 1. The van der Waals surface area contributed by atoms with E-state index in [9.17, 15) is 9.18 Å². The Hall–Kier alpha value is -2.02. The second kappa shape index (κ2) is 6.62. The second-order valence-electron chi connectivity index (χ2n) is 5.98. The molecule has 1 aromatic heterocycles. The SMILES string of the molecule is CC(C)c1nsc(NC2CCN(Cc3ccc(F)cc3)C2=O)n1. The van der Waals surface area contributed by atoms with Crippen LogP contribution >= 0.6 is 11.5 Å². The molecular formula is C16H19FN4OS. The van der Waals surface area contributed by atoms with Crippen molar-refractivity contribution in [3.63, 3.8) is 0 Å². The van der Waals surface area contributed by atoms with Crippen LogP contribution in [0.3, 0.4) is 0 Å². The zero-order chi connectivity index (χ0) is 16.4. The van der Waals surface area contributed by atoms with Gasteiger partial charge < -0.3 is 10.2 Å². The Balaban J connectivity index is 1.60. The first kappa shape index (κ1) is 15.9. The maximum Gasteiger partial charge on any atom is 0.245 e. The van der Waals surface area contributed by atoms with Crippen molar-refractivity contribution in [3.05, 3.63) is 41.5 Å². The van der Waals surface area contributed by atoms with E-state index in [0.717, 1.165) is 17.8 Å². The molecule has 1 amide bonds. The highest BCUT2D eigenvalue weighted by atomic mass is 32.1. The number of carbonyl (C=O) groups is 1. The highest BCUT2D eigenvalue weighted by molar-refractivity contribution is 7.09. The molecule has 1 aliphatic rings. The Labute approximate surface area is 138 Å². The van der Waals surface area contributed by atoms with Crippen molar-refractivity contribution in [1.29, 1.82) is 0 Å². The minimum absolute atomic E-state index is 0.0515. The van der Waals surface area contributed by atoms with Gasteiger partial charge in [0, 0.05) is 30.5 Å².